The minimum atomic E-state index is -0.347. The minimum absolute atomic E-state index is 0.111. The Morgan fingerprint density at radius 2 is 1.81 bits per heavy atom. The van der Waals surface area contributed by atoms with Crippen LogP contribution in [0.25, 0.3) is 0 Å². The van der Waals surface area contributed by atoms with Crippen LogP contribution in [0.2, 0.25) is 0 Å². The van der Waals surface area contributed by atoms with Gasteiger partial charge < -0.3 is 14.2 Å². The van der Waals surface area contributed by atoms with Crippen molar-refractivity contribution in [2.45, 2.75) is 19.8 Å². The molecule has 0 saturated heterocycles. The first-order valence-corrected chi connectivity index (χ1v) is 8.42. The van der Waals surface area contributed by atoms with Gasteiger partial charge in [-0.15, -0.1) is 0 Å². The maximum absolute atomic E-state index is 11.8. The molecule has 0 aromatic heterocycles. The number of nitrogens with one attached hydrogen (secondary N) is 1. The third-order valence-electron chi connectivity index (χ3n) is 3.66. The summed E-state index contributed by atoms with van der Waals surface area (Å²) in [5.41, 5.74) is 4.38. The topological polar surface area (TPSA) is 69.2 Å². The van der Waals surface area contributed by atoms with E-state index in [0.29, 0.717) is 22.8 Å². The Hall–Kier alpha value is -3.02. The lowest BCUT2D eigenvalue weighted by Crippen LogP contribution is -2.24. The molecule has 2 rings (SSSR count). The van der Waals surface area contributed by atoms with Crippen molar-refractivity contribution in [3.8, 4) is 17.2 Å². The Balaban J connectivity index is 1.85. The van der Waals surface area contributed by atoms with Gasteiger partial charge in [-0.25, -0.2) is 5.43 Å². The van der Waals surface area contributed by atoms with E-state index in [1.54, 1.807) is 32.4 Å². The zero-order valence-corrected chi connectivity index (χ0v) is 15.3. The number of amides is 1. The third kappa shape index (κ3) is 5.81. The predicted molar refractivity (Wildman–Crippen MR) is 101 cm³/mol. The quantitative estimate of drug-likeness (QED) is 0.553. The van der Waals surface area contributed by atoms with Crippen molar-refractivity contribution in [2.24, 2.45) is 5.10 Å². The highest BCUT2D eigenvalue weighted by atomic mass is 16.5. The molecule has 1 N–H and O–H groups in total. The van der Waals surface area contributed by atoms with E-state index < -0.39 is 0 Å². The van der Waals surface area contributed by atoms with Crippen LogP contribution in [0.5, 0.6) is 17.2 Å². The predicted octanol–water partition coefficient (Wildman–Crippen LogP) is 3.19. The van der Waals surface area contributed by atoms with Gasteiger partial charge in [0.2, 0.25) is 0 Å². The Bertz CT molecular complexity index is 742. The Morgan fingerprint density at radius 1 is 1.08 bits per heavy atom. The summed E-state index contributed by atoms with van der Waals surface area (Å²) in [7, 11) is 3.15. The van der Waals surface area contributed by atoms with Crippen LogP contribution in [-0.2, 0) is 11.2 Å². The Labute approximate surface area is 153 Å². The number of hydrogen-bond acceptors (Lipinski definition) is 5. The number of nitrogens with zero attached hydrogens (tertiary/aromatic N) is 1. The fourth-order valence-corrected chi connectivity index (χ4v) is 2.34. The smallest absolute Gasteiger partial charge is 0.277 e. The van der Waals surface area contributed by atoms with Gasteiger partial charge in [0.15, 0.2) is 6.61 Å². The van der Waals surface area contributed by atoms with E-state index in [2.05, 4.69) is 17.5 Å². The minimum Gasteiger partial charge on any atom is -0.497 e. The first kappa shape index (κ1) is 19.3. The highest BCUT2D eigenvalue weighted by molar-refractivity contribution is 5.86. The second-order valence-corrected chi connectivity index (χ2v) is 5.58. The summed E-state index contributed by atoms with van der Waals surface area (Å²) in [6.45, 7) is 2.02. The molecule has 0 heterocycles. The number of hydrazone groups is 1. The Morgan fingerprint density at radius 3 is 2.46 bits per heavy atom. The van der Waals surface area contributed by atoms with Gasteiger partial charge in [-0.1, -0.05) is 25.5 Å². The molecular weight excluding hydrogens is 332 g/mol. The molecule has 1 amide bonds. The molecule has 6 heteroatoms. The van der Waals surface area contributed by atoms with E-state index in [4.69, 9.17) is 14.2 Å². The molecule has 0 unspecified atom stereocenters. The van der Waals surface area contributed by atoms with Crippen LogP contribution >= 0.6 is 0 Å². The molecule has 138 valence electrons. The van der Waals surface area contributed by atoms with Gasteiger partial charge in [0.1, 0.15) is 17.2 Å². The highest BCUT2D eigenvalue weighted by Gasteiger charge is 2.04. The van der Waals surface area contributed by atoms with Crippen molar-refractivity contribution in [1.29, 1.82) is 0 Å². The number of carbonyl (C=O) groups is 1. The lowest BCUT2D eigenvalue weighted by Gasteiger charge is -2.07. The molecule has 0 saturated carbocycles. The van der Waals surface area contributed by atoms with Gasteiger partial charge in [-0.05, 0) is 42.3 Å². The number of hydrogen-bond donors (Lipinski definition) is 1. The molecule has 0 bridgehead atoms. The molecule has 26 heavy (non-hydrogen) atoms. The highest BCUT2D eigenvalue weighted by Crippen LogP contribution is 2.22. The molecule has 0 spiro atoms. The number of rotatable bonds is 9. The zero-order valence-electron chi connectivity index (χ0n) is 15.3. The Kier molecular flexibility index (Phi) is 7.49. The standard InChI is InChI=1S/C20H24N2O4/c1-4-5-15-6-8-17(9-7-15)26-14-20(23)22-21-13-16-12-18(24-2)10-11-19(16)25-3/h6-13H,4-5,14H2,1-3H3,(H,22,23). The lowest BCUT2D eigenvalue weighted by atomic mass is 10.1. The zero-order chi connectivity index (χ0) is 18.8. The van der Waals surface area contributed by atoms with E-state index >= 15 is 0 Å². The van der Waals surface area contributed by atoms with Crippen LogP contribution in [0.1, 0.15) is 24.5 Å². The van der Waals surface area contributed by atoms with Gasteiger partial charge in [0.25, 0.3) is 5.91 Å². The molecule has 0 atom stereocenters. The third-order valence-corrected chi connectivity index (χ3v) is 3.66. The monoisotopic (exact) mass is 356 g/mol. The maximum atomic E-state index is 11.8. The molecule has 0 aliphatic carbocycles. The molecule has 0 aliphatic rings. The fourth-order valence-electron chi connectivity index (χ4n) is 2.34. The first-order chi connectivity index (χ1) is 12.7. The van der Waals surface area contributed by atoms with E-state index in [9.17, 15) is 4.79 Å². The average molecular weight is 356 g/mol. The van der Waals surface area contributed by atoms with Crippen LogP contribution in [0.3, 0.4) is 0 Å². The SMILES string of the molecule is CCCc1ccc(OCC(=O)NN=Cc2cc(OC)ccc2OC)cc1. The normalized spacial score (nSPS) is 10.6. The van der Waals surface area contributed by atoms with Gasteiger partial charge in [-0.2, -0.15) is 5.10 Å². The number of aryl methyl sites for hydroxylation is 1. The largest absolute Gasteiger partial charge is 0.497 e. The van der Waals surface area contributed by atoms with Gasteiger partial charge in [0, 0.05) is 5.56 Å². The van der Waals surface area contributed by atoms with Crippen LogP contribution in [0.4, 0.5) is 0 Å². The van der Waals surface area contributed by atoms with Crippen LogP contribution in [-0.4, -0.2) is 32.9 Å². The molecule has 0 fully saturated rings. The average Bonchev–Trinajstić information content (AvgIpc) is 2.67. The molecular formula is C20H24N2O4. The van der Waals surface area contributed by atoms with Crippen molar-refractivity contribution in [3.05, 3.63) is 53.6 Å². The van der Waals surface area contributed by atoms with Gasteiger partial charge in [0.05, 0.1) is 20.4 Å². The van der Waals surface area contributed by atoms with Crippen LogP contribution < -0.4 is 19.6 Å². The summed E-state index contributed by atoms with van der Waals surface area (Å²) in [6.07, 6.45) is 3.63. The summed E-state index contributed by atoms with van der Waals surface area (Å²) in [6, 6.07) is 13.1. The van der Waals surface area contributed by atoms with E-state index in [-0.39, 0.29) is 12.5 Å². The molecule has 0 radical (unpaired) electrons. The summed E-state index contributed by atoms with van der Waals surface area (Å²) in [5, 5.41) is 3.94. The van der Waals surface area contributed by atoms with E-state index in [1.807, 2.05) is 24.3 Å². The van der Waals surface area contributed by atoms with E-state index in [1.165, 1.54) is 11.8 Å². The van der Waals surface area contributed by atoms with Crippen LogP contribution in [0, 0.1) is 0 Å². The van der Waals surface area contributed by atoms with Gasteiger partial charge >= 0.3 is 0 Å². The molecule has 2 aromatic rings. The van der Waals surface area contributed by atoms with Crippen molar-refractivity contribution in [3.63, 3.8) is 0 Å². The van der Waals surface area contributed by atoms with Gasteiger partial charge in [-0.3, -0.25) is 4.79 Å². The summed E-state index contributed by atoms with van der Waals surface area (Å²) in [5.74, 6) is 1.61. The van der Waals surface area contributed by atoms with Crippen molar-refractivity contribution in [1.82, 2.24) is 5.43 Å². The summed E-state index contributed by atoms with van der Waals surface area (Å²) < 4.78 is 15.9. The fraction of sp³-hybridized carbons (Fsp3) is 0.300. The van der Waals surface area contributed by atoms with Crippen molar-refractivity contribution < 1.29 is 19.0 Å². The van der Waals surface area contributed by atoms with E-state index in [0.717, 1.165) is 12.8 Å². The lowest BCUT2D eigenvalue weighted by molar-refractivity contribution is -0.123. The molecule has 0 aliphatic heterocycles. The maximum Gasteiger partial charge on any atom is 0.277 e. The van der Waals surface area contributed by atoms with Crippen molar-refractivity contribution >= 4 is 12.1 Å². The summed E-state index contributed by atoms with van der Waals surface area (Å²) in [4.78, 5) is 11.8. The molecule has 2 aromatic carbocycles. The van der Waals surface area contributed by atoms with Crippen LogP contribution in [0.15, 0.2) is 47.6 Å². The first-order valence-electron chi connectivity index (χ1n) is 8.42. The number of carbonyl (C=O) groups excluding carboxylic acids is 1. The number of ether oxygens (including phenoxy) is 3. The summed E-state index contributed by atoms with van der Waals surface area (Å²) >= 11 is 0. The number of methoxy groups -OCH3 is 2. The second kappa shape index (κ2) is 10.1. The van der Waals surface area contributed by atoms with Crippen molar-refractivity contribution in [2.75, 3.05) is 20.8 Å². The molecule has 6 nitrogen and oxygen atoms in total. The number of benzene rings is 2. The second-order valence-electron chi connectivity index (χ2n) is 5.58.